The van der Waals surface area contributed by atoms with Crippen LogP contribution in [0.4, 0.5) is 5.69 Å². The molecule has 1 aliphatic heterocycles. The first-order valence-corrected chi connectivity index (χ1v) is 11.7. The molecule has 3 N–H and O–H groups in total. The maximum absolute atomic E-state index is 8.97. The number of rotatable bonds is 8. The summed E-state index contributed by atoms with van der Waals surface area (Å²) in [5.74, 6) is 1.82. The summed E-state index contributed by atoms with van der Waals surface area (Å²) in [5, 5.41) is 20.5. The van der Waals surface area contributed by atoms with E-state index in [0.717, 1.165) is 27.9 Å². The number of nitrogens with zero attached hydrogens (tertiary/aromatic N) is 3. The Morgan fingerprint density at radius 1 is 1.17 bits per heavy atom. The van der Waals surface area contributed by atoms with E-state index in [2.05, 4.69) is 22.1 Å². The first-order valence-electron chi connectivity index (χ1n) is 11.7. The number of anilines is 1. The zero-order chi connectivity index (χ0) is 25.2. The quantitative estimate of drug-likeness (QED) is 0.371. The van der Waals surface area contributed by atoms with Crippen LogP contribution in [0.25, 0.3) is 16.6 Å². The molecule has 0 fully saturated rings. The molecule has 0 saturated heterocycles. The predicted molar refractivity (Wildman–Crippen MR) is 142 cm³/mol. The van der Waals surface area contributed by atoms with Gasteiger partial charge in [-0.3, -0.25) is 5.10 Å². The van der Waals surface area contributed by atoms with E-state index >= 15 is 0 Å². The fourth-order valence-corrected chi connectivity index (χ4v) is 3.42. The number of aliphatic hydroxyl groups is 1. The number of aliphatic hydroxyl groups excluding tert-OH is 1. The third kappa shape index (κ3) is 6.10. The third-order valence-electron chi connectivity index (χ3n) is 5.11. The first-order chi connectivity index (χ1) is 17.1. The molecular weight excluding hydrogens is 442 g/mol. The SMILES string of the molecule is C=C1C(Nc2ccc(OCCCO)c(OC)c2)=NC(c2ccc3cn[nH]c3c2)=CN1/C=C\C.CC. The van der Waals surface area contributed by atoms with Gasteiger partial charge in [-0.1, -0.05) is 38.6 Å². The number of benzene rings is 2. The Balaban J connectivity index is 0.00000167. The van der Waals surface area contributed by atoms with Crippen LogP contribution in [0.1, 0.15) is 32.8 Å². The summed E-state index contributed by atoms with van der Waals surface area (Å²) in [5.41, 5.74) is 4.18. The molecule has 0 saturated carbocycles. The maximum atomic E-state index is 8.97. The fourth-order valence-electron chi connectivity index (χ4n) is 3.42. The van der Waals surface area contributed by atoms with Crippen LogP contribution in [0.3, 0.4) is 0 Å². The van der Waals surface area contributed by atoms with Crippen LogP contribution >= 0.6 is 0 Å². The normalized spacial score (nSPS) is 13.3. The van der Waals surface area contributed by atoms with Gasteiger partial charge in [0.05, 0.1) is 36.8 Å². The van der Waals surface area contributed by atoms with Crippen molar-refractivity contribution in [2.45, 2.75) is 27.2 Å². The molecule has 8 heteroatoms. The van der Waals surface area contributed by atoms with Gasteiger partial charge in [0.15, 0.2) is 17.3 Å². The van der Waals surface area contributed by atoms with Crippen LogP contribution in [0.15, 0.2) is 78.3 Å². The van der Waals surface area contributed by atoms with Gasteiger partial charge in [0.2, 0.25) is 0 Å². The molecular formula is C27H33N5O3. The Morgan fingerprint density at radius 2 is 2.00 bits per heavy atom. The number of H-pyrrole nitrogens is 1. The topological polar surface area (TPSA) is 95.0 Å². The molecule has 2 aromatic carbocycles. The van der Waals surface area contributed by atoms with Crippen LogP contribution in [-0.4, -0.2) is 46.4 Å². The van der Waals surface area contributed by atoms with E-state index in [0.29, 0.717) is 36.1 Å². The van der Waals surface area contributed by atoms with E-state index in [1.807, 2.05) is 80.5 Å². The number of aromatic amines is 1. The summed E-state index contributed by atoms with van der Waals surface area (Å²) >= 11 is 0. The minimum atomic E-state index is 0.0791. The Morgan fingerprint density at radius 3 is 2.74 bits per heavy atom. The molecule has 0 bridgehead atoms. The van der Waals surface area contributed by atoms with E-state index in [-0.39, 0.29) is 6.61 Å². The van der Waals surface area contributed by atoms with Gasteiger partial charge in [0.25, 0.3) is 0 Å². The summed E-state index contributed by atoms with van der Waals surface area (Å²) in [6.45, 7) is 10.7. The Kier molecular flexibility index (Phi) is 9.09. The van der Waals surface area contributed by atoms with Crippen LogP contribution in [0.5, 0.6) is 11.5 Å². The van der Waals surface area contributed by atoms with Crippen molar-refractivity contribution >= 4 is 28.1 Å². The zero-order valence-corrected chi connectivity index (χ0v) is 20.7. The van der Waals surface area contributed by atoms with Crippen molar-refractivity contribution in [3.8, 4) is 11.5 Å². The third-order valence-corrected chi connectivity index (χ3v) is 5.11. The van der Waals surface area contributed by atoms with Crippen molar-refractivity contribution in [1.82, 2.24) is 15.1 Å². The molecule has 8 nitrogen and oxygen atoms in total. The van der Waals surface area contributed by atoms with Gasteiger partial charge in [0, 0.05) is 48.1 Å². The monoisotopic (exact) mass is 475 g/mol. The molecule has 35 heavy (non-hydrogen) atoms. The maximum Gasteiger partial charge on any atom is 0.162 e. The molecule has 1 aliphatic rings. The number of hydrogen-bond acceptors (Lipinski definition) is 7. The van der Waals surface area contributed by atoms with Crippen molar-refractivity contribution in [3.05, 3.63) is 78.9 Å². The number of hydrogen-bond donors (Lipinski definition) is 3. The molecule has 3 aromatic rings. The highest BCUT2D eigenvalue weighted by Gasteiger charge is 2.19. The second-order valence-corrected chi connectivity index (χ2v) is 7.40. The lowest BCUT2D eigenvalue weighted by atomic mass is 10.1. The molecule has 0 aliphatic carbocycles. The lowest BCUT2D eigenvalue weighted by molar-refractivity contribution is 0.228. The molecule has 1 aromatic heterocycles. The summed E-state index contributed by atoms with van der Waals surface area (Å²) < 4.78 is 11.2. The average molecular weight is 476 g/mol. The van der Waals surface area contributed by atoms with E-state index in [4.69, 9.17) is 19.6 Å². The van der Waals surface area contributed by atoms with Gasteiger partial charge in [0.1, 0.15) is 0 Å². The van der Waals surface area contributed by atoms with Crippen molar-refractivity contribution in [3.63, 3.8) is 0 Å². The van der Waals surface area contributed by atoms with E-state index < -0.39 is 0 Å². The average Bonchev–Trinajstić information content (AvgIpc) is 3.36. The zero-order valence-electron chi connectivity index (χ0n) is 20.7. The summed E-state index contributed by atoms with van der Waals surface area (Å²) in [6.07, 6.45) is 8.18. The van der Waals surface area contributed by atoms with Crippen molar-refractivity contribution in [2.24, 2.45) is 4.99 Å². The number of nitrogens with one attached hydrogen (secondary N) is 2. The number of allylic oxidation sites excluding steroid dienone is 1. The lowest BCUT2D eigenvalue weighted by Gasteiger charge is -2.26. The smallest absolute Gasteiger partial charge is 0.162 e. The largest absolute Gasteiger partial charge is 0.493 e. The molecule has 0 atom stereocenters. The highest BCUT2D eigenvalue weighted by atomic mass is 16.5. The number of fused-ring (bicyclic) bond motifs is 1. The Bertz CT molecular complexity index is 1240. The Labute approximate surface area is 206 Å². The molecule has 2 heterocycles. The highest BCUT2D eigenvalue weighted by Crippen LogP contribution is 2.32. The summed E-state index contributed by atoms with van der Waals surface area (Å²) in [4.78, 5) is 6.78. The molecule has 0 radical (unpaired) electrons. The summed E-state index contributed by atoms with van der Waals surface area (Å²) in [7, 11) is 1.59. The van der Waals surface area contributed by atoms with Gasteiger partial charge in [-0.05, 0) is 25.1 Å². The van der Waals surface area contributed by atoms with Gasteiger partial charge in [-0.15, -0.1) is 0 Å². The van der Waals surface area contributed by atoms with Crippen LogP contribution in [0.2, 0.25) is 0 Å². The van der Waals surface area contributed by atoms with E-state index in [1.54, 1.807) is 13.3 Å². The van der Waals surface area contributed by atoms with Gasteiger partial charge >= 0.3 is 0 Å². The van der Waals surface area contributed by atoms with Gasteiger partial charge in [-0.2, -0.15) is 5.10 Å². The minimum Gasteiger partial charge on any atom is -0.493 e. The standard InChI is InChI=1S/C25H27N5O3.C2H6/c1-4-10-30-16-22(18-6-7-19-15-26-29-21(19)13-18)28-25(17(30)2)27-20-8-9-23(24(14-20)32-3)33-12-5-11-31;1-2/h4,6-10,13-16,31H,2,5,11-12H2,1,3H3,(H,26,29)(H,27,28);1-2H3/b10-4-;. The van der Waals surface area contributed by atoms with Crippen LogP contribution in [-0.2, 0) is 0 Å². The van der Waals surface area contributed by atoms with Crippen molar-refractivity contribution in [2.75, 3.05) is 25.6 Å². The number of aromatic nitrogens is 2. The molecule has 0 unspecified atom stereocenters. The van der Waals surface area contributed by atoms with Crippen LogP contribution < -0.4 is 14.8 Å². The fraction of sp³-hybridized carbons (Fsp3) is 0.259. The first kappa shape index (κ1) is 25.6. The lowest BCUT2D eigenvalue weighted by Crippen LogP contribution is -2.26. The predicted octanol–water partition coefficient (Wildman–Crippen LogP) is 5.53. The molecule has 184 valence electrons. The van der Waals surface area contributed by atoms with Gasteiger partial charge < -0.3 is 24.8 Å². The highest BCUT2D eigenvalue weighted by molar-refractivity contribution is 6.11. The minimum absolute atomic E-state index is 0.0791. The van der Waals surface area contributed by atoms with Crippen LogP contribution in [0, 0.1) is 0 Å². The molecule has 0 amide bonds. The second kappa shape index (κ2) is 12.4. The number of methoxy groups -OCH3 is 1. The number of ether oxygens (including phenoxy) is 2. The second-order valence-electron chi connectivity index (χ2n) is 7.40. The summed E-state index contributed by atoms with van der Waals surface area (Å²) in [6, 6.07) is 11.6. The number of amidine groups is 1. The molecule has 0 spiro atoms. The Hall–Kier alpha value is -4.04. The molecule has 4 rings (SSSR count). The van der Waals surface area contributed by atoms with Crippen molar-refractivity contribution in [1.29, 1.82) is 0 Å². The van der Waals surface area contributed by atoms with Gasteiger partial charge in [-0.25, -0.2) is 4.99 Å². The van der Waals surface area contributed by atoms with Crippen molar-refractivity contribution < 1.29 is 14.6 Å². The number of aliphatic imine (C=N–C) groups is 1. The van der Waals surface area contributed by atoms with E-state index in [9.17, 15) is 0 Å². The van der Waals surface area contributed by atoms with E-state index in [1.165, 1.54) is 0 Å².